The summed E-state index contributed by atoms with van der Waals surface area (Å²) in [5.41, 5.74) is 0.603. The third kappa shape index (κ3) is 2.97. The molecule has 1 aliphatic heterocycles. The zero-order valence-electron chi connectivity index (χ0n) is 11.6. The van der Waals surface area contributed by atoms with Crippen LogP contribution in [-0.4, -0.2) is 16.8 Å². The molecule has 0 saturated carbocycles. The normalized spacial score (nSPS) is 15.4. The number of nitrogens with zero attached hydrogens (tertiary/aromatic N) is 2. The van der Waals surface area contributed by atoms with Crippen molar-refractivity contribution in [1.29, 1.82) is 0 Å². The molecule has 0 atom stereocenters. The molecule has 0 unspecified atom stereocenters. The number of ether oxygens (including phenoxy) is 1. The number of halogens is 1. The van der Waals surface area contributed by atoms with Gasteiger partial charge in [0, 0.05) is 11.1 Å². The molecule has 0 amide bonds. The molecule has 2 aromatic carbocycles. The van der Waals surface area contributed by atoms with E-state index in [1.165, 1.54) is 24.3 Å². The monoisotopic (exact) mass is 328 g/mol. The van der Waals surface area contributed by atoms with E-state index in [1.54, 1.807) is 30.3 Å². The Bertz CT molecular complexity index is 874. The van der Waals surface area contributed by atoms with Crippen LogP contribution in [0.15, 0.2) is 59.2 Å². The van der Waals surface area contributed by atoms with Crippen LogP contribution >= 0.6 is 11.6 Å². The van der Waals surface area contributed by atoms with Crippen LogP contribution in [0.1, 0.15) is 11.1 Å². The molecule has 0 spiro atoms. The number of cyclic esters (lactones) is 1. The van der Waals surface area contributed by atoms with Gasteiger partial charge in [-0.1, -0.05) is 41.9 Å². The van der Waals surface area contributed by atoms with Crippen LogP contribution < -0.4 is 0 Å². The Morgan fingerprint density at radius 1 is 1.13 bits per heavy atom. The zero-order chi connectivity index (χ0) is 16.4. The lowest BCUT2D eigenvalue weighted by molar-refractivity contribution is -0.385. The number of carbonyl (C=O) groups is 1. The van der Waals surface area contributed by atoms with Gasteiger partial charge in [-0.25, -0.2) is 9.79 Å². The SMILES string of the molecule is O=C1OC(c2ccccc2[N+](=O)[O-])=N/C1=C/c1ccccc1Cl. The van der Waals surface area contributed by atoms with Crippen LogP contribution in [-0.2, 0) is 9.53 Å². The third-order valence-electron chi connectivity index (χ3n) is 3.15. The molecule has 0 bridgehead atoms. The summed E-state index contributed by atoms with van der Waals surface area (Å²) >= 11 is 6.04. The van der Waals surface area contributed by atoms with E-state index < -0.39 is 10.9 Å². The number of aliphatic imine (C=N–C) groups is 1. The molecular weight excluding hydrogens is 320 g/mol. The minimum atomic E-state index is -0.682. The first-order valence-corrected chi connectivity index (χ1v) is 6.95. The Morgan fingerprint density at radius 2 is 1.83 bits per heavy atom. The lowest BCUT2D eigenvalue weighted by Crippen LogP contribution is -2.07. The predicted molar refractivity (Wildman–Crippen MR) is 85.2 cm³/mol. The van der Waals surface area contributed by atoms with Crippen LogP contribution in [0.25, 0.3) is 6.08 Å². The molecule has 1 aliphatic rings. The Labute approximate surface area is 135 Å². The van der Waals surface area contributed by atoms with E-state index in [0.717, 1.165) is 0 Å². The minimum absolute atomic E-state index is 0.0336. The third-order valence-corrected chi connectivity index (χ3v) is 3.49. The van der Waals surface area contributed by atoms with E-state index >= 15 is 0 Å². The summed E-state index contributed by atoms with van der Waals surface area (Å²) in [5.74, 6) is -0.779. The van der Waals surface area contributed by atoms with Gasteiger partial charge in [-0.2, -0.15) is 0 Å². The number of esters is 1. The van der Waals surface area contributed by atoms with Crippen molar-refractivity contribution in [2.24, 2.45) is 4.99 Å². The lowest BCUT2D eigenvalue weighted by Gasteiger charge is -2.00. The summed E-state index contributed by atoms with van der Waals surface area (Å²) in [4.78, 5) is 26.5. The highest BCUT2D eigenvalue weighted by Crippen LogP contribution is 2.26. The number of rotatable bonds is 3. The molecule has 6 nitrogen and oxygen atoms in total. The van der Waals surface area contributed by atoms with Crippen LogP contribution in [0.3, 0.4) is 0 Å². The van der Waals surface area contributed by atoms with Gasteiger partial charge in [-0.3, -0.25) is 10.1 Å². The van der Waals surface area contributed by atoms with Gasteiger partial charge in [0.1, 0.15) is 5.56 Å². The van der Waals surface area contributed by atoms with Crippen molar-refractivity contribution in [3.8, 4) is 0 Å². The largest absolute Gasteiger partial charge is 0.402 e. The molecular formula is C16H9ClN2O4. The van der Waals surface area contributed by atoms with Crippen molar-refractivity contribution >= 4 is 35.2 Å². The Hall–Kier alpha value is -2.99. The van der Waals surface area contributed by atoms with Crippen LogP contribution in [0.2, 0.25) is 5.02 Å². The van der Waals surface area contributed by atoms with Crippen molar-refractivity contribution in [3.05, 3.63) is 80.5 Å². The van der Waals surface area contributed by atoms with Gasteiger partial charge in [0.2, 0.25) is 5.90 Å². The predicted octanol–water partition coefficient (Wildman–Crippen LogP) is 3.59. The average Bonchev–Trinajstić information content (AvgIpc) is 2.90. The first-order chi connectivity index (χ1) is 11.1. The molecule has 0 aromatic heterocycles. The molecule has 0 radical (unpaired) electrons. The second-order valence-electron chi connectivity index (χ2n) is 4.63. The molecule has 114 valence electrons. The molecule has 0 saturated heterocycles. The molecule has 0 fully saturated rings. The molecule has 0 aliphatic carbocycles. The summed E-state index contributed by atoms with van der Waals surface area (Å²) < 4.78 is 5.06. The smallest absolute Gasteiger partial charge is 0.363 e. The van der Waals surface area contributed by atoms with Gasteiger partial charge in [0.05, 0.1) is 4.92 Å². The number of carbonyl (C=O) groups excluding carboxylic acids is 1. The number of hydrogen-bond donors (Lipinski definition) is 0. The van der Waals surface area contributed by atoms with Crippen molar-refractivity contribution in [1.82, 2.24) is 0 Å². The molecule has 3 rings (SSSR count). The lowest BCUT2D eigenvalue weighted by atomic mass is 10.2. The number of hydrogen-bond acceptors (Lipinski definition) is 5. The molecule has 1 heterocycles. The van der Waals surface area contributed by atoms with Crippen LogP contribution in [0.4, 0.5) is 5.69 Å². The second-order valence-corrected chi connectivity index (χ2v) is 5.04. The topological polar surface area (TPSA) is 81.8 Å². The van der Waals surface area contributed by atoms with E-state index in [4.69, 9.17) is 16.3 Å². The summed E-state index contributed by atoms with van der Waals surface area (Å²) in [6, 6.07) is 12.9. The first-order valence-electron chi connectivity index (χ1n) is 6.57. The van der Waals surface area contributed by atoms with Crippen LogP contribution in [0.5, 0.6) is 0 Å². The summed E-state index contributed by atoms with van der Waals surface area (Å²) in [6.45, 7) is 0. The van der Waals surface area contributed by atoms with Gasteiger partial charge in [-0.15, -0.1) is 0 Å². The van der Waals surface area contributed by atoms with Crippen molar-refractivity contribution < 1.29 is 14.5 Å². The number of nitro benzene ring substituents is 1. The van der Waals surface area contributed by atoms with Gasteiger partial charge in [-0.05, 0) is 23.8 Å². The van der Waals surface area contributed by atoms with E-state index in [1.807, 2.05) is 0 Å². The zero-order valence-corrected chi connectivity index (χ0v) is 12.4. The number of para-hydroxylation sites is 1. The fraction of sp³-hybridized carbons (Fsp3) is 0. The second kappa shape index (κ2) is 6.02. The Morgan fingerprint density at radius 3 is 2.57 bits per heavy atom. The minimum Gasteiger partial charge on any atom is -0.402 e. The molecule has 0 N–H and O–H groups in total. The van der Waals surface area contributed by atoms with E-state index in [9.17, 15) is 14.9 Å². The van der Waals surface area contributed by atoms with E-state index in [0.29, 0.717) is 10.6 Å². The average molecular weight is 329 g/mol. The van der Waals surface area contributed by atoms with Gasteiger partial charge >= 0.3 is 5.97 Å². The maximum Gasteiger partial charge on any atom is 0.363 e. The van der Waals surface area contributed by atoms with E-state index in [2.05, 4.69) is 4.99 Å². The van der Waals surface area contributed by atoms with Crippen molar-refractivity contribution in [2.75, 3.05) is 0 Å². The van der Waals surface area contributed by atoms with Crippen LogP contribution in [0, 0.1) is 10.1 Å². The summed E-state index contributed by atoms with van der Waals surface area (Å²) in [5, 5.41) is 11.5. The maximum atomic E-state index is 11.9. The fourth-order valence-electron chi connectivity index (χ4n) is 2.08. The van der Waals surface area contributed by atoms with Gasteiger partial charge < -0.3 is 4.74 Å². The molecule has 23 heavy (non-hydrogen) atoms. The highest BCUT2D eigenvalue weighted by molar-refractivity contribution is 6.32. The highest BCUT2D eigenvalue weighted by atomic mass is 35.5. The first kappa shape index (κ1) is 14.9. The number of benzene rings is 2. The van der Waals surface area contributed by atoms with E-state index in [-0.39, 0.29) is 22.8 Å². The highest BCUT2D eigenvalue weighted by Gasteiger charge is 2.28. The summed E-state index contributed by atoms with van der Waals surface area (Å²) in [7, 11) is 0. The Kier molecular flexibility index (Phi) is 3.91. The summed E-state index contributed by atoms with van der Waals surface area (Å²) in [6.07, 6.45) is 1.48. The maximum absolute atomic E-state index is 11.9. The number of nitro groups is 1. The van der Waals surface area contributed by atoms with Gasteiger partial charge in [0.15, 0.2) is 5.70 Å². The molecule has 7 heteroatoms. The van der Waals surface area contributed by atoms with Crippen molar-refractivity contribution in [3.63, 3.8) is 0 Å². The van der Waals surface area contributed by atoms with Crippen molar-refractivity contribution in [2.45, 2.75) is 0 Å². The standard InChI is InChI=1S/C16H9ClN2O4/c17-12-7-3-1-5-10(12)9-13-16(20)23-15(18-13)11-6-2-4-8-14(11)19(21)22/h1-9H/b13-9+. The Balaban J connectivity index is 2.03. The molecule has 2 aromatic rings. The fourth-order valence-corrected chi connectivity index (χ4v) is 2.27. The quantitative estimate of drug-likeness (QED) is 0.373. The van der Waals surface area contributed by atoms with Gasteiger partial charge in [0.25, 0.3) is 5.69 Å².